The summed E-state index contributed by atoms with van der Waals surface area (Å²) in [5.74, 6) is 0. The summed E-state index contributed by atoms with van der Waals surface area (Å²) < 4.78 is 27.1. The van der Waals surface area contributed by atoms with Gasteiger partial charge in [0.2, 0.25) is 10.0 Å². The van der Waals surface area contributed by atoms with Crippen LogP contribution >= 0.6 is 11.6 Å². The Labute approximate surface area is 128 Å². The molecule has 1 aliphatic carbocycles. The van der Waals surface area contributed by atoms with E-state index < -0.39 is 10.0 Å². The lowest BCUT2D eigenvalue weighted by Gasteiger charge is -2.21. The molecule has 0 aromatic carbocycles. The minimum atomic E-state index is -3.67. The minimum Gasteiger partial charge on any atom is -0.263 e. The first-order valence-corrected chi connectivity index (χ1v) is 8.42. The van der Waals surface area contributed by atoms with E-state index in [0.717, 1.165) is 12.8 Å². The number of rotatable bonds is 5. The molecule has 0 atom stereocenters. The summed E-state index contributed by atoms with van der Waals surface area (Å²) in [6.45, 7) is 0.249. The van der Waals surface area contributed by atoms with Gasteiger partial charge in [-0.1, -0.05) is 17.7 Å². The lowest BCUT2D eigenvalue weighted by atomic mass is 10.3. The number of halogens is 1. The van der Waals surface area contributed by atoms with Gasteiger partial charge in [-0.3, -0.25) is 9.97 Å². The van der Waals surface area contributed by atoms with Crippen molar-refractivity contribution >= 4 is 21.6 Å². The maximum Gasteiger partial charge on any atom is 0.246 e. The lowest BCUT2D eigenvalue weighted by molar-refractivity contribution is 0.394. The SMILES string of the molecule is O=S(=O)(c1cnccc1Cl)N(Cc1ccccn1)C1CC1. The fraction of sp³-hybridized carbons (Fsp3) is 0.286. The molecule has 0 aliphatic heterocycles. The van der Waals surface area contributed by atoms with Gasteiger partial charge in [0.15, 0.2) is 0 Å². The predicted molar refractivity (Wildman–Crippen MR) is 79.2 cm³/mol. The highest BCUT2D eigenvalue weighted by atomic mass is 35.5. The van der Waals surface area contributed by atoms with Gasteiger partial charge in [-0.05, 0) is 31.0 Å². The van der Waals surface area contributed by atoms with Gasteiger partial charge in [0.1, 0.15) is 4.90 Å². The normalized spacial score (nSPS) is 15.3. The highest BCUT2D eigenvalue weighted by molar-refractivity contribution is 7.89. The molecule has 0 bridgehead atoms. The van der Waals surface area contributed by atoms with Gasteiger partial charge in [-0.2, -0.15) is 4.31 Å². The van der Waals surface area contributed by atoms with E-state index in [9.17, 15) is 8.42 Å². The van der Waals surface area contributed by atoms with Crippen molar-refractivity contribution in [1.82, 2.24) is 14.3 Å². The van der Waals surface area contributed by atoms with Crippen LogP contribution in [0.1, 0.15) is 18.5 Å². The molecule has 0 spiro atoms. The highest BCUT2D eigenvalue weighted by Gasteiger charge is 2.39. The van der Waals surface area contributed by atoms with Crippen LogP contribution in [0.5, 0.6) is 0 Å². The summed E-state index contributed by atoms with van der Waals surface area (Å²) in [7, 11) is -3.67. The molecule has 0 unspecified atom stereocenters. The smallest absolute Gasteiger partial charge is 0.246 e. The second-order valence-corrected chi connectivity index (χ2v) is 7.17. The van der Waals surface area contributed by atoms with Gasteiger partial charge in [-0.25, -0.2) is 8.42 Å². The molecular weight excluding hydrogens is 310 g/mol. The third-order valence-corrected chi connectivity index (χ3v) is 5.69. The number of hydrogen-bond donors (Lipinski definition) is 0. The Kier molecular flexibility index (Phi) is 3.93. The van der Waals surface area contributed by atoms with Crippen molar-refractivity contribution in [3.05, 3.63) is 53.6 Å². The molecule has 1 fully saturated rings. The van der Waals surface area contributed by atoms with Crippen molar-refractivity contribution in [2.45, 2.75) is 30.3 Å². The molecule has 2 aromatic heterocycles. The van der Waals surface area contributed by atoms with Gasteiger partial charge in [0, 0.05) is 24.6 Å². The molecule has 21 heavy (non-hydrogen) atoms. The Morgan fingerprint density at radius 2 is 2.05 bits per heavy atom. The molecule has 2 aromatic rings. The Balaban J connectivity index is 1.96. The number of nitrogens with zero attached hydrogens (tertiary/aromatic N) is 3. The number of hydrogen-bond acceptors (Lipinski definition) is 4. The molecule has 0 N–H and O–H groups in total. The Bertz CT molecular complexity index is 733. The first kappa shape index (κ1) is 14.4. The summed E-state index contributed by atoms with van der Waals surface area (Å²) >= 11 is 6.02. The summed E-state index contributed by atoms with van der Waals surface area (Å²) in [4.78, 5) is 8.13. The second kappa shape index (κ2) is 5.71. The summed E-state index contributed by atoms with van der Waals surface area (Å²) in [6.07, 6.45) is 6.16. The van der Waals surface area contributed by atoms with Crippen LogP contribution in [-0.4, -0.2) is 28.7 Å². The Morgan fingerprint density at radius 3 is 2.67 bits per heavy atom. The largest absolute Gasteiger partial charge is 0.263 e. The van der Waals surface area contributed by atoms with Crippen LogP contribution in [0.25, 0.3) is 0 Å². The van der Waals surface area contributed by atoms with Crippen LogP contribution in [0.15, 0.2) is 47.8 Å². The van der Waals surface area contributed by atoms with E-state index in [2.05, 4.69) is 9.97 Å². The topological polar surface area (TPSA) is 63.2 Å². The first-order valence-electron chi connectivity index (χ1n) is 6.60. The number of pyridine rings is 2. The van der Waals surface area contributed by atoms with Crippen molar-refractivity contribution < 1.29 is 8.42 Å². The van der Waals surface area contributed by atoms with Crippen LogP contribution in [0.2, 0.25) is 5.02 Å². The summed E-state index contributed by atoms with van der Waals surface area (Å²) in [6, 6.07) is 6.97. The Morgan fingerprint density at radius 1 is 1.24 bits per heavy atom. The van der Waals surface area contributed by atoms with Crippen LogP contribution in [0.4, 0.5) is 0 Å². The van der Waals surface area contributed by atoms with Gasteiger partial charge in [0.25, 0.3) is 0 Å². The molecule has 110 valence electrons. The molecule has 0 saturated heterocycles. The zero-order chi connectivity index (χ0) is 14.9. The lowest BCUT2D eigenvalue weighted by Crippen LogP contribution is -2.33. The average Bonchev–Trinajstić information content (AvgIpc) is 3.30. The molecule has 5 nitrogen and oxygen atoms in total. The first-order chi connectivity index (χ1) is 10.1. The zero-order valence-corrected chi connectivity index (χ0v) is 12.8. The van der Waals surface area contributed by atoms with E-state index in [0.29, 0.717) is 5.69 Å². The van der Waals surface area contributed by atoms with E-state index in [1.807, 2.05) is 12.1 Å². The van der Waals surface area contributed by atoms with Crippen LogP contribution < -0.4 is 0 Å². The molecule has 0 amide bonds. The van der Waals surface area contributed by atoms with E-state index >= 15 is 0 Å². The molecular formula is C14H14ClN3O2S. The minimum absolute atomic E-state index is 0.0216. The van der Waals surface area contributed by atoms with Crippen molar-refractivity contribution in [3.63, 3.8) is 0 Å². The maximum atomic E-state index is 12.8. The van der Waals surface area contributed by atoms with Gasteiger partial charge in [-0.15, -0.1) is 0 Å². The third-order valence-electron chi connectivity index (χ3n) is 3.32. The van der Waals surface area contributed by atoms with Gasteiger partial charge < -0.3 is 0 Å². The predicted octanol–water partition coefficient (Wildman–Crippen LogP) is 2.48. The van der Waals surface area contributed by atoms with E-state index in [-0.39, 0.29) is 22.5 Å². The standard InChI is InChI=1S/C14H14ClN3O2S/c15-13-6-8-16-9-14(13)21(19,20)18(12-4-5-12)10-11-3-1-2-7-17-11/h1-3,6-9,12H,4-5,10H2. The van der Waals surface area contributed by atoms with Gasteiger partial charge in [0.05, 0.1) is 17.3 Å². The van der Waals surface area contributed by atoms with Crippen molar-refractivity contribution in [1.29, 1.82) is 0 Å². The molecule has 1 saturated carbocycles. The molecule has 0 radical (unpaired) electrons. The number of aromatic nitrogens is 2. The van der Waals surface area contributed by atoms with E-state index in [4.69, 9.17) is 11.6 Å². The number of sulfonamides is 1. The molecule has 7 heteroatoms. The van der Waals surface area contributed by atoms with Crippen LogP contribution in [0.3, 0.4) is 0 Å². The Hall–Kier alpha value is -1.50. The third kappa shape index (κ3) is 3.07. The van der Waals surface area contributed by atoms with E-state index in [1.165, 1.54) is 22.8 Å². The van der Waals surface area contributed by atoms with Crippen molar-refractivity contribution in [2.24, 2.45) is 0 Å². The summed E-state index contributed by atoms with van der Waals surface area (Å²) in [5.41, 5.74) is 0.716. The fourth-order valence-corrected chi connectivity index (χ4v) is 4.17. The maximum absolute atomic E-state index is 12.8. The zero-order valence-electron chi connectivity index (χ0n) is 11.2. The monoisotopic (exact) mass is 323 g/mol. The van der Waals surface area contributed by atoms with Crippen LogP contribution in [0, 0.1) is 0 Å². The van der Waals surface area contributed by atoms with E-state index in [1.54, 1.807) is 12.3 Å². The van der Waals surface area contributed by atoms with Gasteiger partial charge >= 0.3 is 0 Å². The fourth-order valence-electron chi connectivity index (χ4n) is 2.10. The van der Waals surface area contributed by atoms with Crippen molar-refractivity contribution in [3.8, 4) is 0 Å². The highest BCUT2D eigenvalue weighted by Crippen LogP contribution is 2.34. The second-order valence-electron chi connectivity index (χ2n) is 4.91. The molecule has 1 aliphatic rings. The quantitative estimate of drug-likeness (QED) is 0.848. The summed E-state index contributed by atoms with van der Waals surface area (Å²) in [5, 5.41) is 0.191. The molecule has 2 heterocycles. The average molecular weight is 324 g/mol. The van der Waals surface area contributed by atoms with Crippen LogP contribution in [-0.2, 0) is 16.6 Å². The molecule has 3 rings (SSSR count). The van der Waals surface area contributed by atoms with Crippen molar-refractivity contribution in [2.75, 3.05) is 0 Å².